The Morgan fingerprint density at radius 3 is 2.67 bits per heavy atom. The molecule has 0 saturated carbocycles. The van der Waals surface area contributed by atoms with Crippen LogP contribution in [-0.4, -0.2) is 11.3 Å². The predicted octanol–water partition coefficient (Wildman–Crippen LogP) is 1.12. The third kappa shape index (κ3) is 1.55. The van der Waals surface area contributed by atoms with Crippen LogP contribution in [0.1, 0.15) is 22.3 Å². The summed E-state index contributed by atoms with van der Waals surface area (Å²) in [5.74, 6) is 0. The summed E-state index contributed by atoms with van der Waals surface area (Å²) in [6.45, 7) is 0. The van der Waals surface area contributed by atoms with Gasteiger partial charge in [-0.25, -0.2) is 8.78 Å². The molecule has 0 unspecified atom stereocenters. The average molecular weight is 173 g/mol. The molecule has 1 heterocycles. The zero-order valence-corrected chi connectivity index (χ0v) is 5.88. The Morgan fingerprint density at radius 1 is 1.50 bits per heavy atom. The first kappa shape index (κ1) is 8.58. The Hall–Kier alpha value is -1.52. The van der Waals surface area contributed by atoms with Gasteiger partial charge in [0, 0.05) is 11.8 Å². The number of H-pyrrole nitrogens is 1. The maximum absolute atomic E-state index is 12.0. The molecule has 0 spiro atoms. The molecule has 0 aliphatic carbocycles. The van der Waals surface area contributed by atoms with Crippen molar-refractivity contribution in [2.75, 3.05) is 0 Å². The van der Waals surface area contributed by atoms with Crippen LogP contribution in [0.15, 0.2) is 17.1 Å². The van der Waals surface area contributed by atoms with Crippen LogP contribution in [-0.2, 0) is 0 Å². The van der Waals surface area contributed by atoms with Crippen LogP contribution in [0.2, 0.25) is 0 Å². The van der Waals surface area contributed by atoms with Gasteiger partial charge in [0.05, 0.1) is 5.56 Å². The molecule has 0 saturated heterocycles. The lowest BCUT2D eigenvalue weighted by Gasteiger charge is -1.97. The first-order valence-corrected chi connectivity index (χ1v) is 3.11. The van der Waals surface area contributed by atoms with Gasteiger partial charge in [0.2, 0.25) is 0 Å². The number of carbonyl (C=O) groups excluding carboxylic acids is 1. The quantitative estimate of drug-likeness (QED) is 0.681. The maximum Gasteiger partial charge on any atom is 0.269 e. The van der Waals surface area contributed by atoms with Crippen LogP contribution >= 0.6 is 0 Å². The van der Waals surface area contributed by atoms with Gasteiger partial charge >= 0.3 is 0 Å². The number of pyridine rings is 1. The third-order valence-corrected chi connectivity index (χ3v) is 1.33. The molecule has 0 aliphatic rings. The van der Waals surface area contributed by atoms with Gasteiger partial charge in [-0.15, -0.1) is 0 Å². The van der Waals surface area contributed by atoms with E-state index < -0.39 is 17.5 Å². The summed E-state index contributed by atoms with van der Waals surface area (Å²) in [5.41, 5.74) is -1.51. The molecule has 0 aliphatic heterocycles. The van der Waals surface area contributed by atoms with Gasteiger partial charge in [-0.05, 0) is 6.07 Å². The highest BCUT2D eigenvalue weighted by Gasteiger charge is 2.11. The first-order chi connectivity index (χ1) is 5.65. The van der Waals surface area contributed by atoms with Crippen LogP contribution in [0.25, 0.3) is 0 Å². The largest absolute Gasteiger partial charge is 0.328 e. The zero-order valence-electron chi connectivity index (χ0n) is 5.88. The van der Waals surface area contributed by atoms with Crippen LogP contribution in [0, 0.1) is 0 Å². The normalized spacial score (nSPS) is 10.2. The second-order valence-electron chi connectivity index (χ2n) is 2.14. The third-order valence-electron chi connectivity index (χ3n) is 1.33. The minimum atomic E-state index is -2.85. The molecule has 1 rings (SSSR count). The minimum Gasteiger partial charge on any atom is -0.328 e. The predicted molar refractivity (Wildman–Crippen MR) is 37.4 cm³/mol. The van der Waals surface area contributed by atoms with Crippen molar-refractivity contribution in [2.45, 2.75) is 6.43 Å². The highest BCUT2D eigenvalue weighted by Crippen LogP contribution is 2.13. The Labute approximate surface area is 66.0 Å². The smallest absolute Gasteiger partial charge is 0.269 e. The topological polar surface area (TPSA) is 49.9 Å². The van der Waals surface area contributed by atoms with Crippen molar-refractivity contribution < 1.29 is 13.6 Å². The molecule has 0 bridgehead atoms. The SMILES string of the molecule is O=Cc1c[nH]c(=O)c(C(F)F)c1. The second-order valence-corrected chi connectivity index (χ2v) is 2.14. The second kappa shape index (κ2) is 3.25. The maximum atomic E-state index is 12.0. The van der Waals surface area contributed by atoms with E-state index in [4.69, 9.17) is 0 Å². The average Bonchev–Trinajstić information content (AvgIpc) is 2.05. The summed E-state index contributed by atoms with van der Waals surface area (Å²) in [5, 5.41) is 0. The highest BCUT2D eigenvalue weighted by molar-refractivity contribution is 5.74. The van der Waals surface area contributed by atoms with E-state index in [1.54, 1.807) is 0 Å². The summed E-state index contributed by atoms with van der Waals surface area (Å²) in [6.07, 6.45) is -1.38. The summed E-state index contributed by atoms with van der Waals surface area (Å²) in [6, 6.07) is 0.872. The molecule has 0 radical (unpaired) electrons. The molecule has 1 aromatic rings. The number of nitrogens with one attached hydrogen (secondary N) is 1. The number of aldehydes is 1. The number of aromatic nitrogens is 1. The Bertz CT molecular complexity index is 346. The van der Waals surface area contributed by atoms with E-state index in [2.05, 4.69) is 0 Å². The lowest BCUT2D eigenvalue weighted by molar-refractivity contribution is 0.112. The fourth-order valence-electron chi connectivity index (χ4n) is 0.749. The number of rotatable bonds is 2. The number of alkyl halides is 2. The Balaban J connectivity index is 3.26. The number of aromatic amines is 1. The first-order valence-electron chi connectivity index (χ1n) is 3.11. The van der Waals surface area contributed by atoms with E-state index >= 15 is 0 Å². The molecule has 1 aromatic heterocycles. The molecular weight excluding hydrogens is 168 g/mol. The molecule has 5 heteroatoms. The van der Waals surface area contributed by atoms with Gasteiger partial charge in [-0.2, -0.15) is 0 Å². The van der Waals surface area contributed by atoms with Crippen LogP contribution in [0.3, 0.4) is 0 Å². The number of hydrogen-bond donors (Lipinski definition) is 1. The number of carbonyl (C=O) groups is 1. The van der Waals surface area contributed by atoms with E-state index in [9.17, 15) is 18.4 Å². The molecule has 3 nitrogen and oxygen atoms in total. The van der Waals surface area contributed by atoms with Crippen molar-refractivity contribution in [1.29, 1.82) is 0 Å². The summed E-state index contributed by atoms with van der Waals surface area (Å²) >= 11 is 0. The van der Waals surface area contributed by atoms with E-state index in [1.165, 1.54) is 0 Å². The standard InChI is InChI=1S/C7H5F2NO2/c8-6(9)5-1-4(3-11)2-10-7(5)12/h1-3,6H,(H,10,12). The monoisotopic (exact) mass is 173 g/mol. The fraction of sp³-hybridized carbons (Fsp3) is 0.143. The molecule has 1 N–H and O–H groups in total. The van der Waals surface area contributed by atoms with Gasteiger partial charge in [-0.1, -0.05) is 0 Å². The highest BCUT2D eigenvalue weighted by atomic mass is 19.3. The van der Waals surface area contributed by atoms with Gasteiger partial charge in [0.1, 0.15) is 0 Å². The molecule has 64 valence electrons. The van der Waals surface area contributed by atoms with Gasteiger partial charge in [0.25, 0.3) is 12.0 Å². The molecular formula is C7H5F2NO2. The lowest BCUT2D eigenvalue weighted by atomic mass is 10.2. The van der Waals surface area contributed by atoms with Crippen LogP contribution in [0.4, 0.5) is 8.78 Å². The Kier molecular flexibility index (Phi) is 2.32. The summed E-state index contributed by atoms with van der Waals surface area (Å²) in [7, 11) is 0. The lowest BCUT2D eigenvalue weighted by Crippen LogP contribution is -2.12. The van der Waals surface area contributed by atoms with Crippen molar-refractivity contribution in [3.63, 3.8) is 0 Å². The van der Waals surface area contributed by atoms with Crippen LogP contribution < -0.4 is 5.56 Å². The van der Waals surface area contributed by atoms with Crippen molar-refractivity contribution >= 4 is 6.29 Å². The molecule has 0 atom stereocenters. The van der Waals surface area contributed by atoms with E-state index in [0.717, 1.165) is 12.3 Å². The van der Waals surface area contributed by atoms with Crippen molar-refractivity contribution in [2.24, 2.45) is 0 Å². The van der Waals surface area contributed by atoms with E-state index in [1.807, 2.05) is 4.98 Å². The fourth-order valence-corrected chi connectivity index (χ4v) is 0.749. The summed E-state index contributed by atoms with van der Waals surface area (Å²) in [4.78, 5) is 22.8. The van der Waals surface area contributed by atoms with Crippen molar-refractivity contribution in [3.05, 3.63) is 33.7 Å². The van der Waals surface area contributed by atoms with E-state index in [0.29, 0.717) is 6.29 Å². The van der Waals surface area contributed by atoms with Crippen LogP contribution in [0.5, 0.6) is 0 Å². The molecule has 0 amide bonds. The molecule has 0 aromatic carbocycles. The minimum absolute atomic E-state index is 0.0323. The van der Waals surface area contributed by atoms with Gasteiger partial charge in [-0.3, -0.25) is 9.59 Å². The van der Waals surface area contributed by atoms with Crippen molar-refractivity contribution in [1.82, 2.24) is 4.98 Å². The summed E-state index contributed by atoms with van der Waals surface area (Å²) < 4.78 is 24.0. The Morgan fingerprint density at radius 2 is 2.17 bits per heavy atom. The van der Waals surface area contributed by atoms with Crippen molar-refractivity contribution in [3.8, 4) is 0 Å². The zero-order chi connectivity index (χ0) is 9.14. The van der Waals surface area contributed by atoms with Gasteiger partial charge in [0.15, 0.2) is 6.29 Å². The molecule has 0 fully saturated rings. The van der Waals surface area contributed by atoms with Gasteiger partial charge < -0.3 is 4.98 Å². The number of halogens is 2. The number of hydrogen-bond acceptors (Lipinski definition) is 2. The molecule has 12 heavy (non-hydrogen) atoms. The van der Waals surface area contributed by atoms with E-state index in [-0.39, 0.29) is 5.56 Å².